The van der Waals surface area contributed by atoms with Gasteiger partial charge >= 0.3 is 5.69 Å². The molecule has 7 heteroatoms. The van der Waals surface area contributed by atoms with Crippen LogP contribution >= 0.6 is 0 Å². The van der Waals surface area contributed by atoms with Gasteiger partial charge in [0.1, 0.15) is 12.4 Å². The van der Waals surface area contributed by atoms with Crippen LogP contribution in [0.1, 0.15) is 30.1 Å². The van der Waals surface area contributed by atoms with Gasteiger partial charge in [0, 0.05) is 38.4 Å². The second kappa shape index (κ2) is 6.36. The van der Waals surface area contributed by atoms with Gasteiger partial charge in [-0.1, -0.05) is 6.07 Å². The maximum Gasteiger partial charge on any atom is 0.346 e. The van der Waals surface area contributed by atoms with Crippen LogP contribution in [-0.4, -0.2) is 43.2 Å². The quantitative estimate of drug-likeness (QED) is 0.835. The summed E-state index contributed by atoms with van der Waals surface area (Å²) in [5.74, 6) is 0.858. The lowest BCUT2D eigenvalue weighted by molar-refractivity contribution is -0.133. The Bertz CT molecular complexity index is 750. The average Bonchev–Trinajstić information content (AvgIpc) is 2.83. The van der Waals surface area contributed by atoms with E-state index >= 15 is 0 Å². The number of hydrogen-bond acceptors (Lipinski definition) is 4. The van der Waals surface area contributed by atoms with Crippen molar-refractivity contribution in [2.24, 2.45) is 7.05 Å². The Balaban J connectivity index is 1.70. The number of carbonyl (C=O) groups excluding carboxylic acids is 1. The number of hydrogen-bond donors (Lipinski definition) is 0. The average molecular weight is 315 g/mol. The molecule has 0 bridgehead atoms. The fourth-order valence-electron chi connectivity index (χ4n) is 3.02. The van der Waals surface area contributed by atoms with Crippen LogP contribution in [-0.2, 0) is 18.4 Å². The summed E-state index contributed by atoms with van der Waals surface area (Å²) >= 11 is 0. The number of amides is 1. The Hall–Kier alpha value is -2.44. The number of pyridine rings is 1. The minimum Gasteiger partial charge on any atom is -0.340 e. The second-order valence-electron chi connectivity index (χ2n) is 6.01. The number of aromatic nitrogens is 4. The molecule has 0 N–H and O–H groups in total. The van der Waals surface area contributed by atoms with Crippen molar-refractivity contribution >= 4 is 5.91 Å². The van der Waals surface area contributed by atoms with Crippen molar-refractivity contribution in [3.63, 3.8) is 0 Å². The molecule has 1 atom stereocenters. The van der Waals surface area contributed by atoms with Gasteiger partial charge in [0.15, 0.2) is 0 Å². The summed E-state index contributed by atoms with van der Waals surface area (Å²) in [6.45, 7) is 3.16. The SMILES string of the molecule is Cc1nn(CC(=O)N2CCCC(c3cccnc3)C2)c(=O)n1C. The zero-order valence-corrected chi connectivity index (χ0v) is 13.5. The predicted molar refractivity (Wildman–Crippen MR) is 85.0 cm³/mol. The van der Waals surface area contributed by atoms with Crippen molar-refractivity contribution in [1.29, 1.82) is 0 Å². The normalized spacial score (nSPS) is 18.2. The van der Waals surface area contributed by atoms with Gasteiger partial charge in [-0.3, -0.25) is 14.3 Å². The highest BCUT2D eigenvalue weighted by Crippen LogP contribution is 2.26. The van der Waals surface area contributed by atoms with Crippen LogP contribution in [0.4, 0.5) is 0 Å². The van der Waals surface area contributed by atoms with Gasteiger partial charge in [-0.05, 0) is 31.4 Å². The summed E-state index contributed by atoms with van der Waals surface area (Å²) in [6, 6.07) is 3.98. The van der Waals surface area contributed by atoms with E-state index in [1.807, 2.05) is 17.2 Å². The summed E-state index contributed by atoms with van der Waals surface area (Å²) in [7, 11) is 1.66. The molecule has 7 nitrogen and oxygen atoms in total. The molecule has 0 radical (unpaired) electrons. The second-order valence-corrected chi connectivity index (χ2v) is 6.01. The Morgan fingerprint density at radius 2 is 2.26 bits per heavy atom. The van der Waals surface area contributed by atoms with Gasteiger partial charge < -0.3 is 4.90 Å². The maximum absolute atomic E-state index is 12.5. The molecular weight excluding hydrogens is 294 g/mol. The number of carbonyl (C=O) groups is 1. The Kier molecular flexibility index (Phi) is 4.27. The van der Waals surface area contributed by atoms with E-state index in [0.29, 0.717) is 18.3 Å². The highest BCUT2D eigenvalue weighted by molar-refractivity contribution is 5.76. The van der Waals surface area contributed by atoms with Crippen molar-refractivity contribution in [2.75, 3.05) is 13.1 Å². The lowest BCUT2D eigenvalue weighted by atomic mass is 9.92. The maximum atomic E-state index is 12.5. The van der Waals surface area contributed by atoms with Crippen LogP contribution in [0.2, 0.25) is 0 Å². The van der Waals surface area contributed by atoms with E-state index in [2.05, 4.69) is 16.1 Å². The molecular formula is C16H21N5O2. The molecule has 0 spiro atoms. The lowest BCUT2D eigenvalue weighted by Gasteiger charge is -2.32. The van der Waals surface area contributed by atoms with E-state index in [-0.39, 0.29) is 18.1 Å². The zero-order valence-electron chi connectivity index (χ0n) is 13.5. The third-order valence-corrected chi connectivity index (χ3v) is 4.47. The first-order valence-electron chi connectivity index (χ1n) is 7.84. The summed E-state index contributed by atoms with van der Waals surface area (Å²) in [5, 5.41) is 4.13. The monoisotopic (exact) mass is 315 g/mol. The van der Waals surface area contributed by atoms with Gasteiger partial charge in [0.2, 0.25) is 5.91 Å². The van der Waals surface area contributed by atoms with E-state index < -0.39 is 0 Å². The van der Waals surface area contributed by atoms with Gasteiger partial charge in [-0.15, -0.1) is 0 Å². The van der Waals surface area contributed by atoms with Crippen molar-refractivity contribution in [1.82, 2.24) is 24.2 Å². The molecule has 1 amide bonds. The minimum absolute atomic E-state index is 0.000271. The highest BCUT2D eigenvalue weighted by Gasteiger charge is 2.25. The van der Waals surface area contributed by atoms with E-state index in [4.69, 9.17) is 0 Å². The van der Waals surface area contributed by atoms with Crippen LogP contribution in [0.15, 0.2) is 29.3 Å². The Labute approximate surface area is 134 Å². The van der Waals surface area contributed by atoms with Crippen molar-refractivity contribution in [3.8, 4) is 0 Å². The molecule has 1 aliphatic rings. The fraction of sp³-hybridized carbons (Fsp3) is 0.500. The van der Waals surface area contributed by atoms with Crippen LogP contribution in [0.25, 0.3) is 0 Å². The summed E-state index contributed by atoms with van der Waals surface area (Å²) < 4.78 is 2.69. The smallest absolute Gasteiger partial charge is 0.340 e. The van der Waals surface area contributed by atoms with E-state index in [1.165, 1.54) is 9.25 Å². The number of rotatable bonds is 3. The molecule has 2 aromatic rings. The van der Waals surface area contributed by atoms with Crippen molar-refractivity contribution in [2.45, 2.75) is 32.2 Å². The highest BCUT2D eigenvalue weighted by atomic mass is 16.2. The first-order chi connectivity index (χ1) is 11.1. The standard InChI is InChI=1S/C16H21N5O2/c1-12-18-21(16(23)19(12)2)11-15(22)20-8-4-6-14(10-20)13-5-3-7-17-9-13/h3,5,7,9,14H,4,6,8,10-11H2,1-2H3. The molecule has 1 saturated heterocycles. The van der Waals surface area contributed by atoms with Gasteiger partial charge in [0.25, 0.3) is 0 Å². The molecule has 1 fully saturated rings. The van der Waals surface area contributed by atoms with Crippen LogP contribution in [0, 0.1) is 6.92 Å². The number of nitrogens with zero attached hydrogens (tertiary/aromatic N) is 5. The molecule has 0 aromatic carbocycles. The molecule has 23 heavy (non-hydrogen) atoms. The number of likely N-dealkylation sites (tertiary alicyclic amines) is 1. The molecule has 1 unspecified atom stereocenters. The predicted octanol–water partition coefficient (Wildman–Crippen LogP) is 0.691. The third-order valence-electron chi connectivity index (χ3n) is 4.47. The first-order valence-corrected chi connectivity index (χ1v) is 7.84. The lowest BCUT2D eigenvalue weighted by Crippen LogP contribution is -2.42. The molecule has 3 rings (SSSR count). The molecule has 122 valence electrons. The molecule has 1 aliphatic heterocycles. The largest absolute Gasteiger partial charge is 0.346 e. The number of aryl methyl sites for hydroxylation is 1. The van der Waals surface area contributed by atoms with Gasteiger partial charge in [-0.25, -0.2) is 9.48 Å². The topological polar surface area (TPSA) is 73.0 Å². The van der Waals surface area contributed by atoms with E-state index in [0.717, 1.165) is 24.9 Å². The minimum atomic E-state index is -0.253. The van der Waals surface area contributed by atoms with Crippen LogP contribution in [0.5, 0.6) is 0 Å². The zero-order chi connectivity index (χ0) is 16.4. The summed E-state index contributed by atoms with van der Waals surface area (Å²) in [6.07, 6.45) is 5.63. The van der Waals surface area contributed by atoms with E-state index in [9.17, 15) is 9.59 Å². The van der Waals surface area contributed by atoms with Crippen molar-refractivity contribution in [3.05, 3.63) is 46.4 Å². The number of piperidine rings is 1. The fourth-order valence-corrected chi connectivity index (χ4v) is 3.02. The first kappa shape index (κ1) is 15.5. The van der Waals surface area contributed by atoms with Gasteiger partial charge in [0.05, 0.1) is 0 Å². The molecule has 3 heterocycles. The summed E-state index contributed by atoms with van der Waals surface area (Å²) in [4.78, 5) is 30.5. The van der Waals surface area contributed by atoms with Gasteiger partial charge in [-0.2, -0.15) is 5.10 Å². The molecule has 0 saturated carbocycles. The Morgan fingerprint density at radius 3 is 2.91 bits per heavy atom. The molecule has 0 aliphatic carbocycles. The Morgan fingerprint density at radius 1 is 1.43 bits per heavy atom. The van der Waals surface area contributed by atoms with Crippen LogP contribution in [0.3, 0.4) is 0 Å². The molecule has 2 aromatic heterocycles. The van der Waals surface area contributed by atoms with Crippen LogP contribution < -0.4 is 5.69 Å². The summed E-state index contributed by atoms with van der Waals surface area (Å²) in [5.41, 5.74) is 0.910. The van der Waals surface area contributed by atoms with Crippen molar-refractivity contribution < 1.29 is 4.79 Å². The third kappa shape index (κ3) is 3.18. The van der Waals surface area contributed by atoms with E-state index in [1.54, 1.807) is 20.2 Å².